The number of aliphatic imine (C=N–C) groups is 1. The predicted molar refractivity (Wildman–Crippen MR) is 120 cm³/mol. The minimum atomic E-state index is -1.26. The fourth-order valence-electron chi connectivity index (χ4n) is 4.17. The second-order valence-electron chi connectivity index (χ2n) is 7.87. The molecule has 4 rings (SSSR count). The number of methoxy groups -OCH3 is 1. The molecule has 2 N–H and O–H groups in total. The fraction of sp³-hybridized carbons (Fsp3) is 0.600. The minimum Gasteiger partial charge on any atom is -0.463 e. The molecule has 0 bridgehead atoms. The van der Waals surface area contributed by atoms with E-state index in [0.29, 0.717) is 49.0 Å². The Morgan fingerprint density at radius 3 is 2.88 bits per heavy atom. The molecule has 0 saturated carbocycles. The summed E-state index contributed by atoms with van der Waals surface area (Å²) in [6, 6.07) is 0. The normalized spacial score (nSPS) is 19.9. The molecule has 1 atom stereocenters. The number of nitrogens with one attached hydrogen (secondary N) is 1. The van der Waals surface area contributed by atoms with E-state index in [4.69, 9.17) is 14.6 Å². The molecule has 2 fully saturated rings. The van der Waals surface area contributed by atoms with Gasteiger partial charge in [0.15, 0.2) is 0 Å². The zero-order valence-corrected chi connectivity index (χ0v) is 18.9. The highest BCUT2D eigenvalue weighted by Crippen LogP contribution is 2.30. The van der Waals surface area contributed by atoms with Crippen molar-refractivity contribution in [2.45, 2.75) is 45.5 Å². The molecule has 2 aromatic heterocycles. The lowest BCUT2D eigenvalue weighted by Crippen LogP contribution is -2.42. The third-order valence-electron chi connectivity index (χ3n) is 5.82. The molecule has 12 heteroatoms. The van der Waals surface area contributed by atoms with E-state index in [0.717, 1.165) is 23.3 Å². The molecule has 174 valence electrons. The summed E-state index contributed by atoms with van der Waals surface area (Å²) in [5.74, 6) is 0.295. The van der Waals surface area contributed by atoms with E-state index in [2.05, 4.69) is 10.3 Å². The Morgan fingerprint density at radius 1 is 1.38 bits per heavy atom. The van der Waals surface area contributed by atoms with Crippen LogP contribution < -0.4 is 16.6 Å². The highest BCUT2D eigenvalue weighted by atomic mass is 32.1. The van der Waals surface area contributed by atoms with Crippen LogP contribution in [0.5, 0.6) is 0 Å². The molecule has 0 spiro atoms. The summed E-state index contributed by atoms with van der Waals surface area (Å²) in [5, 5.41) is 12.5. The van der Waals surface area contributed by atoms with Crippen LogP contribution in [0.25, 0.3) is 10.2 Å². The van der Waals surface area contributed by atoms with Crippen LogP contribution in [0.4, 0.5) is 4.79 Å². The first-order valence-corrected chi connectivity index (χ1v) is 11.4. The van der Waals surface area contributed by atoms with Gasteiger partial charge in [-0.05, 0) is 25.3 Å². The van der Waals surface area contributed by atoms with Crippen LogP contribution in [0.3, 0.4) is 0 Å². The average molecular weight is 466 g/mol. The Balaban J connectivity index is 1.80. The molecule has 2 aliphatic rings. The van der Waals surface area contributed by atoms with Crippen LogP contribution in [0.15, 0.2) is 14.6 Å². The summed E-state index contributed by atoms with van der Waals surface area (Å²) >= 11 is 1.39. The quantitative estimate of drug-likeness (QED) is 0.615. The predicted octanol–water partition coefficient (Wildman–Crippen LogP) is 0.798. The third kappa shape index (κ3) is 4.30. The molecule has 0 radical (unpaired) electrons. The summed E-state index contributed by atoms with van der Waals surface area (Å²) in [6.45, 7) is 4.94. The summed E-state index contributed by atoms with van der Waals surface area (Å²) in [6.07, 6.45) is 0.497. The lowest BCUT2D eigenvalue weighted by atomic mass is 10.2. The first kappa shape index (κ1) is 22.5. The summed E-state index contributed by atoms with van der Waals surface area (Å²) in [7, 11) is 1.53. The van der Waals surface area contributed by atoms with E-state index in [1.165, 1.54) is 23.0 Å². The maximum absolute atomic E-state index is 13.3. The standard InChI is InChI=1S/C20H27N5O6S/c1-12-14(11-23-6-5-21-18(23)22-19(27)28)32-17-15(12)16(26)24(7-9-30-2)20(29)25(17)10-13-4-3-8-31-13/h13H,3-11H2,1-2H3,(H,21,22)(H,27,28). The molecule has 2 aliphatic heterocycles. The van der Waals surface area contributed by atoms with Crippen molar-refractivity contribution in [2.24, 2.45) is 4.99 Å². The fourth-order valence-corrected chi connectivity index (χ4v) is 5.49. The van der Waals surface area contributed by atoms with Gasteiger partial charge in [-0.2, -0.15) is 0 Å². The first-order valence-electron chi connectivity index (χ1n) is 10.6. The number of thiophene rings is 1. The maximum Gasteiger partial charge on any atom is 0.434 e. The van der Waals surface area contributed by atoms with Crippen molar-refractivity contribution < 1.29 is 19.4 Å². The van der Waals surface area contributed by atoms with Gasteiger partial charge in [0.25, 0.3) is 5.56 Å². The van der Waals surface area contributed by atoms with Gasteiger partial charge in [0, 0.05) is 31.7 Å². The number of nitrogens with zero attached hydrogens (tertiary/aromatic N) is 4. The zero-order chi connectivity index (χ0) is 22.8. The van der Waals surface area contributed by atoms with E-state index < -0.39 is 6.09 Å². The Kier molecular flexibility index (Phi) is 6.63. The number of rotatable bonds is 7. The SMILES string of the molecule is COCCn1c(=O)c2c(C)c(CN3CCN/C3=N\C(=O)O)sc2n(CC2CCCO2)c1=O. The lowest BCUT2D eigenvalue weighted by molar-refractivity contribution is 0.0964. The van der Waals surface area contributed by atoms with Crippen molar-refractivity contribution >= 4 is 33.6 Å². The number of guanidine groups is 1. The van der Waals surface area contributed by atoms with Gasteiger partial charge >= 0.3 is 11.8 Å². The molecule has 0 aliphatic carbocycles. The molecule has 1 amide bonds. The van der Waals surface area contributed by atoms with Gasteiger partial charge < -0.3 is 24.8 Å². The lowest BCUT2D eigenvalue weighted by Gasteiger charge is -2.16. The van der Waals surface area contributed by atoms with Crippen molar-refractivity contribution in [3.05, 3.63) is 31.3 Å². The zero-order valence-electron chi connectivity index (χ0n) is 18.1. The van der Waals surface area contributed by atoms with Gasteiger partial charge in [-0.25, -0.2) is 9.59 Å². The van der Waals surface area contributed by atoms with Gasteiger partial charge in [0.2, 0.25) is 5.96 Å². The molecule has 2 saturated heterocycles. The largest absolute Gasteiger partial charge is 0.463 e. The summed E-state index contributed by atoms with van der Waals surface area (Å²) in [5.41, 5.74) is 0.104. The number of aryl methyl sites for hydroxylation is 1. The number of hydrogen-bond acceptors (Lipinski definition) is 6. The molecular formula is C20H27N5O6S. The topological polar surface area (TPSA) is 127 Å². The highest BCUT2D eigenvalue weighted by Gasteiger charge is 2.26. The van der Waals surface area contributed by atoms with E-state index >= 15 is 0 Å². The average Bonchev–Trinajstić information content (AvgIpc) is 3.48. The van der Waals surface area contributed by atoms with Crippen molar-refractivity contribution in [1.29, 1.82) is 0 Å². The van der Waals surface area contributed by atoms with E-state index in [-0.39, 0.29) is 30.5 Å². The number of ether oxygens (including phenoxy) is 2. The molecule has 4 heterocycles. The molecule has 32 heavy (non-hydrogen) atoms. The Labute approximate surface area is 187 Å². The Morgan fingerprint density at radius 2 is 2.19 bits per heavy atom. The van der Waals surface area contributed by atoms with Gasteiger partial charge in [-0.1, -0.05) is 0 Å². The Bertz CT molecular complexity index is 1160. The number of carbonyl (C=O) groups is 1. The van der Waals surface area contributed by atoms with Crippen molar-refractivity contribution in [3.8, 4) is 0 Å². The van der Waals surface area contributed by atoms with Gasteiger partial charge in [0.1, 0.15) is 4.83 Å². The number of fused-ring (bicyclic) bond motifs is 1. The molecule has 1 unspecified atom stereocenters. The van der Waals surface area contributed by atoms with E-state index in [1.54, 1.807) is 4.57 Å². The number of aromatic nitrogens is 2. The first-order chi connectivity index (χ1) is 15.4. The number of carboxylic acid groups (broad SMARTS) is 1. The summed E-state index contributed by atoms with van der Waals surface area (Å²) < 4.78 is 13.7. The van der Waals surface area contributed by atoms with Gasteiger partial charge in [-0.15, -0.1) is 16.3 Å². The molecular weight excluding hydrogens is 438 g/mol. The van der Waals surface area contributed by atoms with Crippen LogP contribution in [-0.4, -0.2) is 70.7 Å². The number of hydrogen-bond donors (Lipinski definition) is 2. The van der Waals surface area contributed by atoms with Crippen molar-refractivity contribution in [1.82, 2.24) is 19.4 Å². The van der Waals surface area contributed by atoms with E-state index in [9.17, 15) is 14.4 Å². The monoisotopic (exact) mass is 465 g/mol. The number of amides is 1. The highest BCUT2D eigenvalue weighted by molar-refractivity contribution is 7.18. The summed E-state index contributed by atoms with van der Waals surface area (Å²) in [4.78, 5) is 44.5. The second kappa shape index (κ2) is 9.43. The van der Waals surface area contributed by atoms with Crippen LogP contribution in [0.1, 0.15) is 23.3 Å². The van der Waals surface area contributed by atoms with Crippen LogP contribution in [0.2, 0.25) is 0 Å². The van der Waals surface area contributed by atoms with Crippen LogP contribution in [-0.2, 0) is 29.1 Å². The van der Waals surface area contributed by atoms with E-state index in [1.807, 2.05) is 11.8 Å². The smallest absolute Gasteiger partial charge is 0.434 e. The minimum absolute atomic E-state index is 0.0628. The Hall–Kier alpha value is -2.70. The van der Waals surface area contributed by atoms with Gasteiger partial charge in [-0.3, -0.25) is 13.9 Å². The molecule has 11 nitrogen and oxygen atoms in total. The molecule has 0 aromatic carbocycles. The van der Waals surface area contributed by atoms with Crippen LogP contribution >= 0.6 is 11.3 Å². The molecule has 2 aromatic rings. The van der Waals surface area contributed by atoms with Crippen molar-refractivity contribution in [2.75, 3.05) is 33.4 Å². The maximum atomic E-state index is 13.3. The van der Waals surface area contributed by atoms with Crippen molar-refractivity contribution in [3.63, 3.8) is 0 Å². The second-order valence-corrected chi connectivity index (χ2v) is 8.96. The van der Waals surface area contributed by atoms with Crippen LogP contribution in [0, 0.1) is 6.92 Å². The third-order valence-corrected chi connectivity index (χ3v) is 7.12. The van der Waals surface area contributed by atoms with Gasteiger partial charge in [0.05, 0.1) is 37.7 Å².